The smallest absolute Gasteiger partial charge is 0.249 e. The fourth-order valence-electron chi connectivity index (χ4n) is 2.90. The van der Waals surface area contributed by atoms with E-state index in [1.165, 1.54) is 0 Å². The average molecular weight is 328 g/mol. The van der Waals surface area contributed by atoms with Crippen molar-refractivity contribution >= 4 is 17.5 Å². The van der Waals surface area contributed by atoms with Crippen LogP contribution in [-0.2, 0) is 0 Å². The van der Waals surface area contributed by atoms with Crippen LogP contribution in [0.3, 0.4) is 0 Å². The van der Waals surface area contributed by atoms with Gasteiger partial charge in [0.05, 0.1) is 6.20 Å². The Balaban J connectivity index is 1.47. The first-order chi connectivity index (χ1) is 11.8. The van der Waals surface area contributed by atoms with Crippen molar-refractivity contribution in [3.8, 4) is 11.5 Å². The molecule has 0 unspecified atom stereocenters. The topological polar surface area (TPSA) is 75.6 Å². The molecule has 1 saturated heterocycles. The van der Waals surface area contributed by atoms with E-state index in [1.807, 2.05) is 18.2 Å². The predicted octanol–water partition coefficient (Wildman–Crippen LogP) is 1.49. The number of nitrogens with one attached hydrogen (secondary N) is 1. The van der Waals surface area contributed by atoms with Crippen molar-refractivity contribution in [2.24, 2.45) is 0 Å². The van der Waals surface area contributed by atoms with Crippen molar-refractivity contribution < 1.29 is 9.47 Å². The molecule has 2 aliphatic heterocycles. The summed E-state index contributed by atoms with van der Waals surface area (Å²) in [4.78, 5) is 9.26. The van der Waals surface area contributed by atoms with Crippen LogP contribution >= 0.6 is 0 Å². The molecule has 0 saturated carbocycles. The maximum absolute atomic E-state index is 5.38. The first-order valence-corrected chi connectivity index (χ1v) is 8.15. The summed E-state index contributed by atoms with van der Waals surface area (Å²) in [6.07, 6.45) is 1.71. The fraction of sp³-hybridized carbons (Fsp3) is 0.438. The molecule has 2 aliphatic rings. The fourth-order valence-corrected chi connectivity index (χ4v) is 2.90. The number of benzene rings is 1. The molecule has 2 aromatic rings. The van der Waals surface area contributed by atoms with Gasteiger partial charge in [-0.25, -0.2) is 0 Å². The number of fused-ring (bicyclic) bond motifs is 1. The van der Waals surface area contributed by atoms with Crippen molar-refractivity contribution in [2.75, 3.05) is 49.7 Å². The highest BCUT2D eigenvalue weighted by atomic mass is 16.7. The summed E-state index contributed by atoms with van der Waals surface area (Å²) < 4.78 is 10.7. The van der Waals surface area contributed by atoms with Crippen LogP contribution in [0.15, 0.2) is 24.4 Å². The molecule has 24 heavy (non-hydrogen) atoms. The van der Waals surface area contributed by atoms with Gasteiger partial charge in [-0.05, 0) is 18.7 Å². The molecule has 0 atom stereocenters. The number of hydrogen-bond donors (Lipinski definition) is 1. The monoisotopic (exact) mass is 328 g/mol. The van der Waals surface area contributed by atoms with Gasteiger partial charge in [0.1, 0.15) is 0 Å². The maximum atomic E-state index is 5.38. The van der Waals surface area contributed by atoms with Crippen LogP contribution in [-0.4, -0.2) is 59.6 Å². The number of nitrogens with zero attached hydrogens (tertiary/aromatic N) is 5. The van der Waals surface area contributed by atoms with Gasteiger partial charge in [-0.1, -0.05) is 6.92 Å². The molecule has 8 nitrogen and oxygen atoms in total. The number of ether oxygens (including phenoxy) is 2. The molecule has 0 radical (unpaired) electrons. The van der Waals surface area contributed by atoms with Crippen LogP contribution in [0.1, 0.15) is 6.92 Å². The first kappa shape index (κ1) is 14.9. The van der Waals surface area contributed by atoms with Crippen molar-refractivity contribution in [1.29, 1.82) is 0 Å². The minimum atomic E-state index is 0.260. The first-order valence-electron chi connectivity index (χ1n) is 8.15. The number of anilines is 3. The van der Waals surface area contributed by atoms with Gasteiger partial charge in [0.2, 0.25) is 12.7 Å². The van der Waals surface area contributed by atoms with E-state index in [1.54, 1.807) is 6.20 Å². The SMILES string of the molecule is CCN1CCN(c2cnnc(Nc3ccc4c(c3)OCO4)n2)CC1. The van der Waals surface area contributed by atoms with Crippen LogP contribution in [0.2, 0.25) is 0 Å². The number of aromatic nitrogens is 3. The molecule has 1 aromatic carbocycles. The molecule has 1 fully saturated rings. The lowest BCUT2D eigenvalue weighted by molar-refractivity contribution is 0.174. The minimum Gasteiger partial charge on any atom is -0.454 e. The second-order valence-corrected chi connectivity index (χ2v) is 5.75. The lowest BCUT2D eigenvalue weighted by Crippen LogP contribution is -2.46. The van der Waals surface area contributed by atoms with E-state index < -0.39 is 0 Å². The highest BCUT2D eigenvalue weighted by Crippen LogP contribution is 2.34. The van der Waals surface area contributed by atoms with Crippen molar-refractivity contribution in [3.05, 3.63) is 24.4 Å². The third-order valence-corrected chi connectivity index (χ3v) is 4.32. The van der Waals surface area contributed by atoms with E-state index >= 15 is 0 Å². The van der Waals surface area contributed by atoms with Crippen molar-refractivity contribution in [1.82, 2.24) is 20.1 Å². The number of rotatable bonds is 4. The Kier molecular flexibility index (Phi) is 4.04. The van der Waals surface area contributed by atoms with Gasteiger partial charge < -0.3 is 24.6 Å². The van der Waals surface area contributed by atoms with Crippen LogP contribution in [0.25, 0.3) is 0 Å². The van der Waals surface area contributed by atoms with E-state index in [2.05, 4.69) is 37.2 Å². The maximum Gasteiger partial charge on any atom is 0.249 e. The average Bonchev–Trinajstić information content (AvgIpc) is 3.10. The van der Waals surface area contributed by atoms with Crippen LogP contribution < -0.4 is 19.7 Å². The van der Waals surface area contributed by atoms with Crippen LogP contribution in [0.4, 0.5) is 17.5 Å². The Morgan fingerprint density at radius 1 is 1.12 bits per heavy atom. The Bertz CT molecular complexity index is 717. The van der Waals surface area contributed by atoms with Gasteiger partial charge in [0.25, 0.3) is 0 Å². The molecule has 1 aromatic heterocycles. The highest BCUT2D eigenvalue weighted by Gasteiger charge is 2.18. The standard InChI is InChI=1S/C16H20N6O2/c1-2-21-5-7-22(8-6-21)15-10-17-20-16(19-15)18-12-3-4-13-14(9-12)24-11-23-13/h3-4,9-10H,2,5-8,11H2,1H3,(H,18,19,20). The summed E-state index contributed by atoms with van der Waals surface area (Å²) in [6.45, 7) is 7.54. The summed E-state index contributed by atoms with van der Waals surface area (Å²) in [7, 11) is 0. The number of likely N-dealkylation sites (N-methyl/N-ethyl adjacent to an activating group) is 1. The number of hydrogen-bond acceptors (Lipinski definition) is 8. The van der Waals surface area contributed by atoms with E-state index in [9.17, 15) is 0 Å². The Morgan fingerprint density at radius 3 is 2.79 bits per heavy atom. The third-order valence-electron chi connectivity index (χ3n) is 4.32. The summed E-state index contributed by atoms with van der Waals surface area (Å²) >= 11 is 0. The largest absolute Gasteiger partial charge is 0.454 e. The van der Waals surface area contributed by atoms with E-state index in [4.69, 9.17) is 9.47 Å². The Hall–Kier alpha value is -2.61. The minimum absolute atomic E-state index is 0.260. The summed E-state index contributed by atoms with van der Waals surface area (Å²) in [5, 5.41) is 11.3. The lowest BCUT2D eigenvalue weighted by Gasteiger charge is -2.34. The summed E-state index contributed by atoms with van der Waals surface area (Å²) in [5.74, 6) is 2.80. The van der Waals surface area contributed by atoms with Gasteiger partial charge in [-0.3, -0.25) is 0 Å². The van der Waals surface area contributed by atoms with Crippen LogP contribution in [0.5, 0.6) is 11.5 Å². The molecular formula is C16H20N6O2. The molecule has 0 spiro atoms. The lowest BCUT2D eigenvalue weighted by atomic mass is 10.3. The molecule has 0 bridgehead atoms. The second-order valence-electron chi connectivity index (χ2n) is 5.75. The Morgan fingerprint density at radius 2 is 1.96 bits per heavy atom. The normalized spacial score (nSPS) is 17.1. The van der Waals surface area contributed by atoms with E-state index in [0.29, 0.717) is 5.95 Å². The molecule has 0 aliphatic carbocycles. The van der Waals surface area contributed by atoms with Crippen molar-refractivity contribution in [2.45, 2.75) is 6.92 Å². The van der Waals surface area contributed by atoms with Crippen LogP contribution in [0, 0.1) is 0 Å². The number of piperazine rings is 1. The summed E-state index contributed by atoms with van der Waals surface area (Å²) in [6, 6.07) is 5.65. The summed E-state index contributed by atoms with van der Waals surface area (Å²) in [5.41, 5.74) is 0.842. The van der Waals surface area contributed by atoms with E-state index in [0.717, 1.165) is 55.7 Å². The zero-order chi connectivity index (χ0) is 16.4. The van der Waals surface area contributed by atoms with Gasteiger partial charge in [-0.15, -0.1) is 5.10 Å². The Labute approximate surface area is 140 Å². The van der Waals surface area contributed by atoms with Gasteiger partial charge in [-0.2, -0.15) is 10.1 Å². The zero-order valence-electron chi connectivity index (χ0n) is 13.6. The molecule has 8 heteroatoms. The molecular weight excluding hydrogens is 308 g/mol. The molecule has 3 heterocycles. The molecule has 1 N–H and O–H groups in total. The second kappa shape index (κ2) is 6.48. The van der Waals surface area contributed by atoms with Gasteiger partial charge >= 0.3 is 0 Å². The van der Waals surface area contributed by atoms with Gasteiger partial charge in [0.15, 0.2) is 17.3 Å². The predicted molar refractivity (Wildman–Crippen MR) is 90.0 cm³/mol. The molecule has 4 rings (SSSR count). The van der Waals surface area contributed by atoms with Crippen molar-refractivity contribution in [3.63, 3.8) is 0 Å². The quantitative estimate of drug-likeness (QED) is 0.905. The van der Waals surface area contributed by atoms with Gasteiger partial charge in [0, 0.05) is 37.9 Å². The third kappa shape index (κ3) is 3.05. The zero-order valence-corrected chi connectivity index (χ0v) is 13.6. The molecule has 0 amide bonds. The van der Waals surface area contributed by atoms with E-state index in [-0.39, 0.29) is 6.79 Å². The highest BCUT2D eigenvalue weighted by molar-refractivity contribution is 5.60. The molecule has 126 valence electrons.